The van der Waals surface area contributed by atoms with Crippen molar-refractivity contribution in [2.45, 2.75) is 32.9 Å². The second-order valence-electron chi connectivity index (χ2n) is 6.20. The summed E-state index contributed by atoms with van der Waals surface area (Å²) in [5.41, 5.74) is 0.734. The molecule has 0 atom stereocenters. The molecule has 5 nitrogen and oxygen atoms in total. The molecule has 0 unspecified atom stereocenters. The van der Waals surface area contributed by atoms with E-state index in [1.54, 1.807) is 11.1 Å². The second kappa shape index (κ2) is 6.75. The van der Waals surface area contributed by atoms with Crippen LogP contribution in [-0.2, 0) is 11.3 Å². The zero-order valence-electron chi connectivity index (χ0n) is 12.8. The van der Waals surface area contributed by atoms with E-state index in [1.165, 1.54) is 5.56 Å². The smallest absolute Gasteiger partial charge is 0.410 e. The monoisotopic (exact) mass is 355 g/mol. The molecule has 1 aliphatic heterocycles. The summed E-state index contributed by atoms with van der Waals surface area (Å²) >= 11 is 3.47. The van der Waals surface area contributed by atoms with E-state index in [9.17, 15) is 4.79 Å². The Bertz CT molecular complexity index is 494. The first-order valence-corrected chi connectivity index (χ1v) is 7.94. The van der Waals surface area contributed by atoms with Gasteiger partial charge in [0.2, 0.25) is 0 Å². The highest BCUT2D eigenvalue weighted by atomic mass is 79.9. The molecule has 6 heteroatoms. The van der Waals surface area contributed by atoms with Gasteiger partial charge in [-0.2, -0.15) is 0 Å². The van der Waals surface area contributed by atoms with Crippen molar-refractivity contribution in [3.63, 3.8) is 0 Å². The minimum Gasteiger partial charge on any atom is -0.444 e. The number of hydrogen-bond donors (Lipinski definition) is 0. The number of halogens is 1. The van der Waals surface area contributed by atoms with Crippen molar-refractivity contribution < 1.29 is 9.53 Å². The summed E-state index contributed by atoms with van der Waals surface area (Å²) in [5, 5.41) is 0. The first-order chi connectivity index (χ1) is 9.85. The Balaban J connectivity index is 1.83. The maximum absolute atomic E-state index is 12.0. The molecular formula is C15H22BrN3O2. The lowest BCUT2D eigenvalue weighted by molar-refractivity contribution is 0.0139. The second-order valence-corrected chi connectivity index (χ2v) is 6.95. The standard InChI is InChI=1S/C15H22BrN3O2/c1-15(2,3)21-14(20)19-9-7-18(8-10-19)11-12-5-4-6-17-13(12)16/h4-6H,7-11H2,1-3H3. The minimum atomic E-state index is -0.436. The Morgan fingerprint density at radius 2 is 2.00 bits per heavy atom. The van der Waals surface area contributed by atoms with Gasteiger partial charge in [-0.1, -0.05) is 6.07 Å². The summed E-state index contributed by atoms with van der Waals surface area (Å²) in [6.45, 7) is 9.61. The molecule has 2 rings (SSSR count). The quantitative estimate of drug-likeness (QED) is 0.765. The van der Waals surface area contributed by atoms with Crippen LogP contribution in [0.25, 0.3) is 0 Å². The van der Waals surface area contributed by atoms with Crippen LogP contribution in [0.15, 0.2) is 22.9 Å². The highest BCUT2D eigenvalue weighted by Crippen LogP contribution is 2.17. The third kappa shape index (κ3) is 4.97. The normalized spacial score (nSPS) is 16.9. The van der Waals surface area contributed by atoms with Crippen molar-refractivity contribution in [2.75, 3.05) is 26.2 Å². The number of nitrogens with zero attached hydrogens (tertiary/aromatic N) is 3. The molecule has 1 amide bonds. The number of carbonyl (C=O) groups is 1. The van der Waals surface area contributed by atoms with Crippen molar-refractivity contribution in [2.24, 2.45) is 0 Å². The van der Waals surface area contributed by atoms with Crippen molar-refractivity contribution in [1.82, 2.24) is 14.8 Å². The van der Waals surface area contributed by atoms with Crippen LogP contribution >= 0.6 is 15.9 Å². The van der Waals surface area contributed by atoms with Gasteiger partial charge in [0.25, 0.3) is 0 Å². The predicted octanol–water partition coefficient (Wildman–Crippen LogP) is 2.90. The number of ether oxygens (including phenoxy) is 1. The molecule has 1 fully saturated rings. The van der Waals surface area contributed by atoms with Crippen LogP contribution in [0.4, 0.5) is 4.79 Å². The Morgan fingerprint density at radius 3 is 2.57 bits per heavy atom. The Labute approximate surface area is 134 Å². The molecule has 1 saturated heterocycles. The maximum Gasteiger partial charge on any atom is 0.410 e. The lowest BCUT2D eigenvalue weighted by atomic mass is 10.2. The molecule has 0 radical (unpaired) electrons. The van der Waals surface area contributed by atoms with Crippen molar-refractivity contribution in [3.8, 4) is 0 Å². The minimum absolute atomic E-state index is 0.218. The Hall–Kier alpha value is -1.14. The SMILES string of the molecule is CC(C)(C)OC(=O)N1CCN(Cc2cccnc2Br)CC1. The summed E-state index contributed by atoms with van der Waals surface area (Å²) in [6.07, 6.45) is 1.55. The zero-order chi connectivity index (χ0) is 15.5. The number of pyridine rings is 1. The average molecular weight is 356 g/mol. The molecule has 1 aromatic heterocycles. The number of piperazine rings is 1. The first kappa shape index (κ1) is 16.2. The molecule has 21 heavy (non-hydrogen) atoms. The van der Waals surface area contributed by atoms with Gasteiger partial charge in [0.1, 0.15) is 10.2 Å². The summed E-state index contributed by atoms with van der Waals surface area (Å²) < 4.78 is 6.29. The summed E-state index contributed by atoms with van der Waals surface area (Å²) in [4.78, 5) is 20.3. The van der Waals surface area contributed by atoms with E-state index in [1.807, 2.05) is 26.8 Å². The predicted molar refractivity (Wildman–Crippen MR) is 85.0 cm³/mol. The van der Waals surface area contributed by atoms with Crippen LogP contribution in [0.3, 0.4) is 0 Å². The molecule has 0 bridgehead atoms. The maximum atomic E-state index is 12.0. The Morgan fingerprint density at radius 1 is 1.33 bits per heavy atom. The van der Waals surface area contributed by atoms with Crippen LogP contribution < -0.4 is 0 Å². The van der Waals surface area contributed by atoms with E-state index in [0.717, 1.165) is 24.2 Å². The molecule has 0 aromatic carbocycles. The third-order valence-corrected chi connectivity index (χ3v) is 3.97. The third-order valence-electron chi connectivity index (χ3n) is 3.25. The van der Waals surface area contributed by atoms with Gasteiger partial charge in [-0.3, -0.25) is 4.90 Å². The molecule has 0 N–H and O–H groups in total. The summed E-state index contributed by atoms with van der Waals surface area (Å²) in [6, 6.07) is 4.01. The number of aromatic nitrogens is 1. The fraction of sp³-hybridized carbons (Fsp3) is 0.600. The van der Waals surface area contributed by atoms with Gasteiger partial charge in [0.05, 0.1) is 0 Å². The molecule has 2 heterocycles. The van der Waals surface area contributed by atoms with E-state index in [-0.39, 0.29) is 6.09 Å². The zero-order valence-corrected chi connectivity index (χ0v) is 14.4. The van der Waals surface area contributed by atoms with Crippen molar-refractivity contribution >= 4 is 22.0 Å². The number of rotatable bonds is 2. The van der Waals surface area contributed by atoms with Gasteiger partial charge in [0.15, 0.2) is 0 Å². The molecule has 0 aliphatic carbocycles. The highest BCUT2D eigenvalue weighted by molar-refractivity contribution is 9.10. The van der Waals surface area contributed by atoms with Gasteiger partial charge in [-0.15, -0.1) is 0 Å². The van der Waals surface area contributed by atoms with E-state index in [0.29, 0.717) is 13.1 Å². The highest BCUT2D eigenvalue weighted by Gasteiger charge is 2.25. The fourth-order valence-electron chi connectivity index (χ4n) is 2.19. The van der Waals surface area contributed by atoms with Gasteiger partial charge < -0.3 is 9.64 Å². The van der Waals surface area contributed by atoms with E-state index >= 15 is 0 Å². The topological polar surface area (TPSA) is 45.7 Å². The van der Waals surface area contributed by atoms with Crippen LogP contribution in [-0.4, -0.2) is 52.7 Å². The molecule has 1 aromatic rings. The number of hydrogen-bond acceptors (Lipinski definition) is 4. The van der Waals surface area contributed by atoms with Crippen LogP contribution in [0.5, 0.6) is 0 Å². The van der Waals surface area contributed by atoms with Gasteiger partial charge in [0, 0.05) is 38.9 Å². The number of carbonyl (C=O) groups excluding carboxylic acids is 1. The molecule has 1 aliphatic rings. The van der Waals surface area contributed by atoms with E-state index < -0.39 is 5.60 Å². The molecule has 0 saturated carbocycles. The van der Waals surface area contributed by atoms with Crippen LogP contribution in [0, 0.1) is 0 Å². The van der Waals surface area contributed by atoms with Crippen LogP contribution in [0.2, 0.25) is 0 Å². The summed E-state index contributed by atoms with van der Waals surface area (Å²) in [7, 11) is 0. The van der Waals surface area contributed by atoms with Gasteiger partial charge in [-0.25, -0.2) is 9.78 Å². The lowest BCUT2D eigenvalue weighted by Gasteiger charge is -2.35. The first-order valence-electron chi connectivity index (χ1n) is 7.15. The largest absolute Gasteiger partial charge is 0.444 e. The lowest BCUT2D eigenvalue weighted by Crippen LogP contribution is -2.49. The molecule has 0 spiro atoms. The van der Waals surface area contributed by atoms with Crippen molar-refractivity contribution in [3.05, 3.63) is 28.5 Å². The van der Waals surface area contributed by atoms with Crippen molar-refractivity contribution in [1.29, 1.82) is 0 Å². The van der Waals surface area contributed by atoms with E-state index in [4.69, 9.17) is 4.74 Å². The summed E-state index contributed by atoms with van der Waals surface area (Å²) in [5.74, 6) is 0. The van der Waals surface area contributed by atoms with E-state index in [2.05, 4.69) is 31.9 Å². The van der Waals surface area contributed by atoms with Crippen LogP contribution in [0.1, 0.15) is 26.3 Å². The number of amides is 1. The Kier molecular flexibility index (Phi) is 5.22. The molecular weight excluding hydrogens is 334 g/mol. The van der Waals surface area contributed by atoms with Gasteiger partial charge in [-0.05, 0) is 48.3 Å². The average Bonchev–Trinajstić information content (AvgIpc) is 2.40. The molecule has 116 valence electrons. The fourth-order valence-corrected chi connectivity index (χ4v) is 2.57. The van der Waals surface area contributed by atoms with Gasteiger partial charge >= 0.3 is 6.09 Å².